The van der Waals surface area contributed by atoms with Crippen LogP contribution in [-0.4, -0.2) is 30.6 Å². The van der Waals surface area contributed by atoms with E-state index in [2.05, 4.69) is 38.7 Å². The molecule has 126 valence electrons. The summed E-state index contributed by atoms with van der Waals surface area (Å²) < 4.78 is 0. The highest BCUT2D eigenvalue weighted by atomic mass is 16.2. The molecule has 1 aliphatic heterocycles. The summed E-state index contributed by atoms with van der Waals surface area (Å²) in [6.07, 6.45) is 4.99. The molecule has 5 heteroatoms. The summed E-state index contributed by atoms with van der Waals surface area (Å²) in [5.41, 5.74) is 3.39. The van der Waals surface area contributed by atoms with E-state index < -0.39 is 0 Å². The minimum absolute atomic E-state index is 0.137. The zero-order valence-electron chi connectivity index (χ0n) is 13.9. The number of rotatable bonds is 6. The Morgan fingerprint density at radius 3 is 2.62 bits per heavy atom. The summed E-state index contributed by atoms with van der Waals surface area (Å²) in [4.78, 5) is 18.6. The molecule has 0 atom stereocenters. The van der Waals surface area contributed by atoms with Crippen LogP contribution >= 0.6 is 0 Å². The van der Waals surface area contributed by atoms with Crippen LogP contribution < -0.4 is 15.5 Å². The molecular weight excluding hydrogens is 300 g/mol. The standard InChI is InChI=1S/C19H24N4O/c24-19(21-12-10-17-8-3-4-11-20-17)22-15-16-7-1-2-9-18(16)23-13-5-6-14-23/h1-4,7-9,11H,5-6,10,12-15H2,(H2,21,22,24). The smallest absolute Gasteiger partial charge is 0.315 e. The van der Waals surface area contributed by atoms with Gasteiger partial charge in [-0.1, -0.05) is 24.3 Å². The Bertz CT molecular complexity index is 653. The van der Waals surface area contributed by atoms with E-state index in [9.17, 15) is 4.79 Å². The average molecular weight is 324 g/mol. The van der Waals surface area contributed by atoms with Gasteiger partial charge in [0.2, 0.25) is 0 Å². The van der Waals surface area contributed by atoms with Crippen molar-refractivity contribution in [1.82, 2.24) is 15.6 Å². The monoisotopic (exact) mass is 324 g/mol. The number of amides is 2. The molecule has 2 heterocycles. The van der Waals surface area contributed by atoms with Crippen molar-refractivity contribution in [1.29, 1.82) is 0 Å². The van der Waals surface area contributed by atoms with E-state index in [0.29, 0.717) is 13.1 Å². The van der Waals surface area contributed by atoms with E-state index in [1.807, 2.05) is 24.3 Å². The largest absolute Gasteiger partial charge is 0.371 e. The topological polar surface area (TPSA) is 57.3 Å². The fourth-order valence-electron chi connectivity index (χ4n) is 3.01. The molecule has 0 aliphatic carbocycles. The highest BCUT2D eigenvalue weighted by Gasteiger charge is 2.15. The molecule has 0 saturated carbocycles. The number of anilines is 1. The summed E-state index contributed by atoms with van der Waals surface area (Å²) in [5, 5.41) is 5.84. The second-order valence-electron chi connectivity index (χ2n) is 6.00. The van der Waals surface area contributed by atoms with E-state index in [0.717, 1.165) is 25.2 Å². The summed E-state index contributed by atoms with van der Waals surface area (Å²) in [6.45, 7) is 3.33. The van der Waals surface area contributed by atoms with Crippen LogP contribution in [0.3, 0.4) is 0 Å². The first-order chi connectivity index (χ1) is 11.8. The lowest BCUT2D eigenvalue weighted by molar-refractivity contribution is 0.240. The number of nitrogens with zero attached hydrogens (tertiary/aromatic N) is 2. The molecule has 0 unspecified atom stereocenters. The van der Waals surface area contributed by atoms with E-state index >= 15 is 0 Å². The third-order valence-electron chi connectivity index (χ3n) is 4.27. The molecule has 1 aliphatic rings. The second-order valence-corrected chi connectivity index (χ2v) is 6.00. The lowest BCUT2D eigenvalue weighted by Gasteiger charge is -2.21. The van der Waals surface area contributed by atoms with Crippen LogP contribution in [0, 0.1) is 0 Å². The summed E-state index contributed by atoms with van der Waals surface area (Å²) >= 11 is 0. The normalized spacial score (nSPS) is 13.8. The van der Waals surface area contributed by atoms with Crippen molar-refractivity contribution >= 4 is 11.7 Å². The quantitative estimate of drug-likeness (QED) is 0.859. The Kier molecular flexibility index (Phi) is 5.66. The van der Waals surface area contributed by atoms with Gasteiger partial charge in [0.05, 0.1) is 0 Å². The molecule has 0 radical (unpaired) electrons. The number of nitrogens with one attached hydrogen (secondary N) is 2. The Morgan fingerprint density at radius 1 is 1.04 bits per heavy atom. The third kappa shape index (κ3) is 4.47. The highest BCUT2D eigenvalue weighted by molar-refractivity contribution is 5.74. The number of hydrogen-bond acceptors (Lipinski definition) is 3. The zero-order chi connectivity index (χ0) is 16.6. The van der Waals surface area contributed by atoms with Crippen molar-refractivity contribution in [2.75, 3.05) is 24.5 Å². The van der Waals surface area contributed by atoms with Gasteiger partial charge in [0.15, 0.2) is 0 Å². The number of para-hydroxylation sites is 1. The molecule has 24 heavy (non-hydrogen) atoms. The molecule has 0 bridgehead atoms. The van der Waals surface area contributed by atoms with Crippen LogP contribution in [0.4, 0.5) is 10.5 Å². The van der Waals surface area contributed by atoms with Gasteiger partial charge in [0.1, 0.15) is 0 Å². The van der Waals surface area contributed by atoms with E-state index in [4.69, 9.17) is 0 Å². The van der Waals surface area contributed by atoms with Crippen molar-refractivity contribution in [3.63, 3.8) is 0 Å². The first-order valence-corrected chi connectivity index (χ1v) is 8.57. The van der Waals surface area contributed by atoms with Crippen LogP contribution in [0.1, 0.15) is 24.1 Å². The zero-order valence-corrected chi connectivity index (χ0v) is 13.9. The second kappa shape index (κ2) is 8.34. The summed E-state index contributed by atoms with van der Waals surface area (Å²) in [5.74, 6) is 0. The molecule has 2 amide bonds. The van der Waals surface area contributed by atoms with Gasteiger partial charge in [-0.05, 0) is 36.6 Å². The van der Waals surface area contributed by atoms with Crippen LogP contribution in [-0.2, 0) is 13.0 Å². The Balaban J connectivity index is 1.46. The molecule has 2 aromatic rings. The molecule has 1 aromatic carbocycles. The van der Waals surface area contributed by atoms with Crippen LogP contribution in [0.2, 0.25) is 0 Å². The maximum absolute atomic E-state index is 12.0. The maximum Gasteiger partial charge on any atom is 0.315 e. The van der Waals surface area contributed by atoms with Gasteiger partial charge in [-0.15, -0.1) is 0 Å². The van der Waals surface area contributed by atoms with Crippen molar-refractivity contribution < 1.29 is 4.79 Å². The van der Waals surface area contributed by atoms with Gasteiger partial charge >= 0.3 is 6.03 Å². The predicted molar refractivity (Wildman–Crippen MR) is 96.1 cm³/mol. The molecule has 3 rings (SSSR count). The number of pyridine rings is 1. The van der Waals surface area contributed by atoms with E-state index in [1.54, 1.807) is 6.20 Å². The van der Waals surface area contributed by atoms with E-state index in [1.165, 1.54) is 24.1 Å². The van der Waals surface area contributed by atoms with Crippen LogP contribution in [0.15, 0.2) is 48.7 Å². The summed E-state index contributed by atoms with van der Waals surface area (Å²) in [7, 11) is 0. The Labute approximate surface area is 143 Å². The fourth-order valence-corrected chi connectivity index (χ4v) is 3.01. The number of benzene rings is 1. The Hall–Kier alpha value is -2.56. The van der Waals surface area contributed by atoms with Gasteiger partial charge in [-0.2, -0.15) is 0 Å². The van der Waals surface area contributed by atoms with Crippen molar-refractivity contribution in [3.05, 3.63) is 59.9 Å². The van der Waals surface area contributed by atoms with E-state index in [-0.39, 0.29) is 6.03 Å². The van der Waals surface area contributed by atoms with Gasteiger partial charge in [0, 0.05) is 50.2 Å². The molecular formula is C19H24N4O. The minimum Gasteiger partial charge on any atom is -0.371 e. The fraction of sp³-hybridized carbons (Fsp3) is 0.368. The number of carbonyl (C=O) groups excluding carboxylic acids is 1. The SMILES string of the molecule is O=C(NCCc1ccccn1)NCc1ccccc1N1CCCC1. The number of hydrogen-bond donors (Lipinski definition) is 2. The van der Waals surface area contributed by atoms with Gasteiger partial charge in [-0.25, -0.2) is 4.79 Å². The molecule has 1 fully saturated rings. The van der Waals surface area contributed by atoms with Crippen LogP contribution in [0.5, 0.6) is 0 Å². The van der Waals surface area contributed by atoms with Crippen molar-refractivity contribution in [2.24, 2.45) is 0 Å². The predicted octanol–water partition coefficient (Wildman–Crippen LogP) is 2.72. The molecule has 1 saturated heterocycles. The first-order valence-electron chi connectivity index (χ1n) is 8.57. The van der Waals surface area contributed by atoms with Crippen LogP contribution in [0.25, 0.3) is 0 Å². The number of carbonyl (C=O) groups is 1. The Morgan fingerprint density at radius 2 is 1.83 bits per heavy atom. The van der Waals surface area contributed by atoms with Gasteiger partial charge in [-0.3, -0.25) is 4.98 Å². The average Bonchev–Trinajstić information content (AvgIpc) is 3.16. The van der Waals surface area contributed by atoms with Gasteiger partial charge in [0.25, 0.3) is 0 Å². The lowest BCUT2D eigenvalue weighted by Crippen LogP contribution is -2.36. The van der Waals surface area contributed by atoms with Crippen molar-refractivity contribution in [3.8, 4) is 0 Å². The molecule has 0 spiro atoms. The summed E-state index contributed by atoms with van der Waals surface area (Å²) in [6, 6.07) is 14.0. The molecule has 2 N–H and O–H groups in total. The minimum atomic E-state index is -0.137. The van der Waals surface area contributed by atoms with Crippen molar-refractivity contribution in [2.45, 2.75) is 25.8 Å². The maximum atomic E-state index is 12.0. The number of aromatic nitrogens is 1. The molecule has 1 aromatic heterocycles. The first kappa shape index (κ1) is 16.3. The van der Waals surface area contributed by atoms with Gasteiger partial charge < -0.3 is 15.5 Å². The third-order valence-corrected chi connectivity index (χ3v) is 4.27. The highest BCUT2D eigenvalue weighted by Crippen LogP contribution is 2.24. The lowest BCUT2D eigenvalue weighted by atomic mass is 10.1. The molecule has 5 nitrogen and oxygen atoms in total. The number of urea groups is 1.